The molecule has 0 unspecified atom stereocenters. The van der Waals surface area contributed by atoms with Crippen LogP contribution in [0, 0.1) is 6.92 Å². The minimum Gasteiger partial charge on any atom is -0.376 e. The third kappa shape index (κ3) is 5.48. The number of hydrazone groups is 1. The fourth-order valence-electron chi connectivity index (χ4n) is 1.75. The predicted octanol–water partition coefficient (Wildman–Crippen LogP) is 5.39. The summed E-state index contributed by atoms with van der Waals surface area (Å²) in [5.74, 6) is -0.274. The molecule has 0 aliphatic carbocycles. The monoisotopic (exact) mass is 491 g/mol. The van der Waals surface area contributed by atoms with Crippen molar-refractivity contribution in [1.29, 1.82) is 0 Å². The van der Waals surface area contributed by atoms with Crippen LogP contribution in [0.25, 0.3) is 0 Å². The molecule has 0 atom stereocenters. The van der Waals surface area contributed by atoms with E-state index in [1.807, 2.05) is 19.1 Å². The Hall–Kier alpha value is -1.08. The average molecular weight is 494 g/mol. The van der Waals surface area contributed by atoms with Crippen LogP contribution in [-0.2, 0) is 4.79 Å². The van der Waals surface area contributed by atoms with E-state index in [2.05, 4.69) is 47.7 Å². The Morgan fingerprint density at radius 1 is 1.21 bits per heavy atom. The molecule has 4 nitrogen and oxygen atoms in total. The fraction of sp³-hybridized carbons (Fsp3) is 0.125. The van der Waals surface area contributed by atoms with E-state index in [0.717, 1.165) is 20.2 Å². The number of carbonyl (C=O) groups excluding carboxylic acids is 1. The predicted molar refractivity (Wildman–Crippen MR) is 107 cm³/mol. The Bertz CT molecular complexity index is 774. The summed E-state index contributed by atoms with van der Waals surface area (Å²) in [4.78, 5) is 11.8. The van der Waals surface area contributed by atoms with E-state index >= 15 is 0 Å². The van der Waals surface area contributed by atoms with Crippen LogP contribution < -0.4 is 10.7 Å². The van der Waals surface area contributed by atoms with E-state index in [1.165, 1.54) is 6.21 Å². The molecule has 0 spiro atoms. The van der Waals surface area contributed by atoms with Crippen LogP contribution in [0.2, 0.25) is 10.0 Å². The van der Waals surface area contributed by atoms with Crippen molar-refractivity contribution < 1.29 is 4.79 Å². The van der Waals surface area contributed by atoms with E-state index in [1.54, 1.807) is 18.2 Å². The average Bonchev–Trinajstić information content (AvgIpc) is 2.52. The molecule has 2 rings (SSSR count). The van der Waals surface area contributed by atoms with Crippen molar-refractivity contribution in [2.45, 2.75) is 6.92 Å². The summed E-state index contributed by atoms with van der Waals surface area (Å²) >= 11 is 18.8. The van der Waals surface area contributed by atoms with E-state index < -0.39 is 0 Å². The van der Waals surface area contributed by atoms with Gasteiger partial charge in [-0.05, 0) is 36.8 Å². The molecule has 0 aliphatic heterocycles. The second kappa shape index (κ2) is 8.85. The van der Waals surface area contributed by atoms with Crippen molar-refractivity contribution in [3.8, 4) is 0 Å². The highest BCUT2D eigenvalue weighted by molar-refractivity contribution is 9.11. The zero-order valence-electron chi connectivity index (χ0n) is 12.5. The highest BCUT2D eigenvalue weighted by Crippen LogP contribution is 2.28. The first-order chi connectivity index (χ1) is 11.4. The molecule has 0 aromatic heterocycles. The lowest BCUT2D eigenvalue weighted by Gasteiger charge is -2.09. The van der Waals surface area contributed by atoms with Crippen LogP contribution in [-0.4, -0.2) is 18.7 Å². The molecule has 1 amide bonds. The van der Waals surface area contributed by atoms with E-state index in [9.17, 15) is 4.79 Å². The number of rotatable bonds is 5. The molecular weight excluding hydrogens is 481 g/mol. The van der Waals surface area contributed by atoms with Gasteiger partial charge in [0.05, 0.1) is 17.8 Å². The molecule has 0 fully saturated rings. The Balaban J connectivity index is 1.88. The lowest BCUT2D eigenvalue weighted by Crippen LogP contribution is -2.25. The maximum absolute atomic E-state index is 11.8. The van der Waals surface area contributed by atoms with Gasteiger partial charge in [-0.25, -0.2) is 5.43 Å². The SMILES string of the molecule is Cc1c(Br)cc(NCC(=O)N/N=C/c2ccc(Cl)cc2Cl)cc1Br. The first-order valence-electron chi connectivity index (χ1n) is 6.83. The van der Waals surface area contributed by atoms with Crippen molar-refractivity contribution in [3.63, 3.8) is 0 Å². The fourth-order valence-corrected chi connectivity index (χ4v) is 3.39. The van der Waals surface area contributed by atoms with Gasteiger partial charge in [0.25, 0.3) is 5.91 Å². The van der Waals surface area contributed by atoms with Crippen LogP contribution in [0.4, 0.5) is 5.69 Å². The summed E-state index contributed by atoms with van der Waals surface area (Å²) in [6.45, 7) is 2.08. The summed E-state index contributed by atoms with van der Waals surface area (Å²) in [5.41, 5.74) is 5.01. The van der Waals surface area contributed by atoms with Gasteiger partial charge in [-0.15, -0.1) is 0 Å². The van der Waals surface area contributed by atoms with Crippen LogP contribution in [0.5, 0.6) is 0 Å². The molecule has 0 radical (unpaired) electrons. The van der Waals surface area contributed by atoms with Crippen molar-refractivity contribution in [2.24, 2.45) is 5.10 Å². The number of anilines is 1. The molecule has 2 aromatic carbocycles. The molecule has 24 heavy (non-hydrogen) atoms. The lowest BCUT2D eigenvalue weighted by atomic mass is 10.2. The zero-order chi connectivity index (χ0) is 17.7. The molecule has 0 saturated heterocycles. The standard InChI is InChI=1S/C16H13Br2Cl2N3O/c1-9-13(17)5-12(6-14(9)18)21-8-16(24)23-22-7-10-2-3-11(19)4-15(10)20/h2-7,21H,8H2,1H3,(H,23,24)/b22-7+. The molecule has 2 aromatic rings. The highest BCUT2D eigenvalue weighted by atomic mass is 79.9. The Morgan fingerprint density at radius 2 is 1.88 bits per heavy atom. The Morgan fingerprint density at radius 3 is 2.50 bits per heavy atom. The summed E-state index contributed by atoms with van der Waals surface area (Å²) in [7, 11) is 0. The largest absolute Gasteiger partial charge is 0.376 e. The normalized spacial score (nSPS) is 10.9. The zero-order valence-corrected chi connectivity index (χ0v) is 17.2. The number of hydrogen-bond donors (Lipinski definition) is 2. The maximum Gasteiger partial charge on any atom is 0.259 e. The number of nitrogens with zero attached hydrogens (tertiary/aromatic N) is 1. The summed E-state index contributed by atoms with van der Waals surface area (Å²) in [6, 6.07) is 8.85. The Labute approximate surface area is 166 Å². The molecule has 0 aliphatic rings. The first kappa shape index (κ1) is 19.2. The molecular formula is C16H13Br2Cl2N3O. The maximum atomic E-state index is 11.8. The quantitative estimate of drug-likeness (QED) is 0.433. The van der Waals surface area contributed by atoms with Gasteiger partial charge in [0.15, 0.2) is 0 Å². The number of hydrogen-bond acceptors (Lipinski definition) is 3. The second-order valence-electron chi connectivity index (χ2n) is 4.88. The highest BCUT2D eigenvalue weighted by Gasteiger charge is 2.05. The number of nitrogens with one attached hydrogen (secondary N) is 2. The van der Waals surface area contributed by atoms with E-state index in [0.29, 0.717) is 15.6 Å². The van der Waals surface area contributed by atoms with Crippen LogP contribution in [0.3, 0.4) is 0 Å². The van der Waals surface area contributed by atoms with Crippen molar-refractivity contribution >= 4 is 72.9 Å². The first-order valence-corrected chi connectivity index (χ1v) is 9.17. The van der Waals surface area contributed by atoms with Gasteiger partial charge >= 0.3 is 0 Å². The molecule has 126 valence electrons. The minimum atomic E-state index is -0.274. The number of benzene rings is 2. The van der Waals surface area contributed by atoms with Crippen LogP contribution >= 0.6 is 55.1 Å². The van der Waals surface area contributed by atoms with Gasteiger partial charge in [-0.1, -0.05) is 61.1 Å². The van der Waals surface area contributed by atoms with E-state index in [-0.39, 0.29) is 12.5 Å². The third-order valence-corrected chi connectivity index (χ3v) is 5.30. The van der Waals surface area contributed by atoms with Gasteiger partial charge in [0, 0.05) is 25.2 Å². The van der Waals surface area contributed by atoms with Gasteiger partial charge in [-0.3, -0.25) is 4.79 Å². The summed E-state index contributed by atoms with van der Waals surface area (Å²) in [6.07, 6.45) is 1.47. The van der Waals surface area contributed by atoms with Crippen molar-refractivity contribution in [1.82, 2.24) is 5.43 Å². The van der Waals surface area contributed by atoms with Gasteiger partial charge in [0.1, 0.15) is 0 Å². The topological polar surface area (TPSA) is 53.5 Å². The van der Waals surface area contributed by atoms with Gasteiger partial charge < -0.3 is 5.32 Å². The molecule has 0 heterocycles. The number of amides is 1. The lowest BCUT2D eigenvalue weighted by molar-refractivity contribution is -0.119. The summed E-state index contributed by atoms with van der Waals surface area (Å²) < 4.78 is 1.91. The third-order valence-electron chi connectivity index (χ3n) is 3.09. The van der Waals surface area contributed by atoms with Crippen molar-refractivity contribution in [2.75, 3.05) is 11.9 Å². The second-order valence-corrected chi connectivity index (χ2v) is 7.43. The summed E-state index contributed by atoms with van der Waals surface area (Å²) in [5, 5.41) is 7.92. The van der Waals surface area contributed by atoms with Crippen LogP contribution in [0.15, 0.2) is 44.4 Å². The number of halogens is 4. The van der Waals surface area contributed by atoms with Crippen molar-refractivity contribution in [3.05, 3.63) is 60.4 Å². The van der Waals surface area contributed by atoms with Crippen LogP contribution in [0.1, 0.15) is 11.1 Å². The van der Waals surface area contributed by atoms with Gasteiger partial charge in [0.2, 0.25) is 0 Å². The smallest absolute Gasteiger partial charge is 0.259 e. The molecule has 0 saturated carbocycles. The Kier molecular flexibility index (Phi) is 7.10. The number of carbonyl (C=O) groups is 1. The molecule has 8 heteroatoms. The van der Waals surface area contributed by atoms with E-state index in [4.69, 9.17) is 23.2 Å². The van der Waals surface area contributed by atoms with Gasteiger partial charge in [-0.2, -0.15) is 5.10 Å². The molecule has 2 N–H and O–H groups in total. The molecule has 0 bridgehead atoms. The minimum absolute atomic E-state index is 0.0909.